The van der Waals surface area contributed by atoms with E-state index in [1.165, 1.54) is 0 Å². The maximum absolute atomic E-state index is 13.1. The molecule has 0 aliphatic carbocycles. The number of benzene rings is 2. The summed E-state index contributed by atoms with van der Waals surface area (Å²) in [7, 11) is 1.95. The second-order valence-corrected chi connectivity index (χ2v) is 8.28. The summed E-state index contributed by atoms with van der Waals surface area (Å²) in [5.74, 6) is 2.44. The lowest BCUT2D eigenvalue weighted by molar-refractivity contribution is -0.142. The molecule has 0 N–H and O–H groups in total. The Balaban J connectivity index is 1.27. The molecule has 2 aromatic carbocycles. The molecular weight excluding hydrogens is 420 g/mol. The number of rotatable bonds is 6. The van der Waals surface area contributed by atoms with E-state index >= 15 is 0 Å². The summed E-state index contributed by atoms with van der Waals surface area (Å²) < 4.78 is 19.3. The van der Waals surface area contributed by atoms with Crippen LogP contribution < -0.4 is 14.4 Å². The Bertz CT molecular complexity index is 1090. The van der Waals surface area contributed by atoms with E-state index in [9.17, 15) is 4.79 Å². The number of imidazole rings is 1. The lowest BCUT2D eigenvalue weighted by Gasteiger charge is -2.38. The molecule has 1 amide bonds. The minimum atomic E-state index is -0.529. The lowest BCUT2D eigenvalue weighted by atomic mass is 10.1. The van der Waals surface area contributed by atoms with Crippen molar-refractivity contribution < 1.29 is 19.0 Å². The smallest absolute Gasteiger partial charge is 0.265 e. The summed E-state index contributed by atoms with van der Waals surface area (Å²) in [5.41, 5.74) is 2.13. The van der Waals surface area contributed by atoms with Crippen molar-refractivity contribution in [3.63, 3.8) is 0 Å². The first-order chi connectivity index (χ1) is 16.2. The van der Waals surface area contributed by atoms with Crippen LogP contribution in [0.3, 0.4) is 0 Å². The molecule has 2 aliphatic rings. The van der Waals surface area contributed by atoms with Gasteiger partial charge in [-0.05, 0) is 29.8 Å². The van der Waals surface area contributed by atoms with E-state index in [4.69, 9.17) is 14.2 Å². The van der Waals surface area contributed by atoms with Crippen molar-refractivity contribution in [3.8, 4) is 11.5 Å². The highest BCUT2D eigenvalue weighted by molar-refractivity contribution is 5.83. The average molecular weight is 449 g/mol. The zero-order valence-electron chi connectivity index (χ0n) is 18.7. The predicted molar refractivity (Wildman–Crippen MR) is 123 cm³/mol. The van der Waals surface area contributed by atoms with Crippen molar-refractivity contribution in [2.75, 3.05) is 37.7 Å². The molecule has 0 bridgehead atoms. The van der Waals surface area contributed by atoms with Gasteiger partial charge in [0.25, 0.3) is 5.91 Å². The molecule has 8 heteroatoms. The van der Waals surface area contributed by atoms with Gasteiger partial charge in [0.2, 0.25) is 0 Å². The van der Waals surface area contributed by atoms with Gasteiger partial charge in [-0.1, -0.05) is 24.3 Å². The molecule has 8 nitrogen and oxygen atoms in total. The molecule has 172 valence electrons. The molecule has 3 heterocycles. The molecule has 5 rings (SSSR count). The third-order valence-electron chi connectivity index (χ3n) is 6.05. The Morgan fingerprint density at radius 2 is 1.91 bits per heavy atom. The van der Waals surface area contributed by atoms with Crippen LogP contribution in [0.15, 0.2) is 60.9 Å². The first-order valence-corrected chi connectivity index (χ1v) is 11.2. The SMILES string of the molecule is Cn1ccnc1COc1ccc(CN2C[C@H](C(=O)N3CCOCC3)Oc3ccccc32)cc1. The van der Waals surface area contributed by atoms with Crippen molar-refractivity contribution in [1.29, 1.82) is 0 Å². The summed E-state index contributed by atoms with van der Waals surface area (Å²) in [5, 5.41) is 0. The van der Waals surface area contributed by atoms with Gasteiger partial charge in [0.1, 0.15) is 23.9 Å². The fourth-order valence-electron chi connectivity index (χ4n) is 4.17. The number of hydrogen-bond donors (Lipinski definition) is 0. The summed E-state index contributed by atoms with van der Waals surface area (Å²) >= 11 is 0. The van der Waals surface area contributed by atoms with Gasteiger partial charge in [-0.25, -0.2) is 4.98 Å². The van der Waals surface area contributed by atoms with E-state index in [1.807, 2.05) is 59.1 Å². The first-order valence-electron chi connectivity index (χ1n) is 11.2. The van der Waals surface area contributed by atoms with E-state index in [2.05, 4.69) is 22.0 Å². The fraction of sp³-hybridized carbons (Fsp3) is 0.360. The molecule has 33 heavy (non-hydrogen) atoms. The molecule has 0 radical (unpaired) electrons. The van der Waals surface area contributed by atoms with Crippen LogP contribution in [0.4, 0.5) is 5.69 Å². The van der Waals surface area contributed by atoms with Crippen LogP contribution in [0, 0.1) is 0 Å². The Hall–Kier alpha value is -3.52. The van der Waals surface area contributed by atoms with E-state index in [1.54, 1.807) is 6.20 Å². The summed E-state index contributed by atoms with van der Waals surface area (Å²) in [6, 6.07) is 16.0. The minimum absolute atomic E-state index is 0.0239. The predicted octanol–water partition coefficient (Wildman–Crippen LogP) is 2.63. The van der Waals surface area contributed by atoms with Crippen molar-refractivity contribution in [3.05, 3.63) is 72.3 Å². The average Bonchev–Trinajstić information content (AvgIpc) is 3.28. The standard InChI is InChI=1S/C25H28N4O4/c1-27-11-10-26-24(27)18-32-20-8-6-19(7-9-20)16-29-17-23(25(30)28-12-14-31-15-13-28)33-22-5-3-2-4-21(22)29/h2-11,23H,12-18H2,1H3/t23-/m1/s1. The molecule has 1 saturated heterocycles. The number of aryl methyl sites for hydroxylation is 1. The van der Waals surface area contributed by atoms with Crippen LogP contribution in [0.2, 0.25) is 0 Å². The van der Waals surface area contributed by atoms with Crippen LogP contribution in [-0.2, 0) is 29.7 Å². The quantitative estimate of drug-likeness (QED) is 0.578. The highest BCUT2D eigenvalue weighted by Crippen LogP contribution is 2.34. The van der Waals surface area contributed by atoms with Gasteiger partial charge in [-0.15, -0.1) is 0 Å². The van der Waals surface area contributed by atoms with Gasteiger partial charge in [-0.2, -0.15) is 0 Å². The number of fused-ring (bicyclic) bond motifs is 1. The van der Waals surface area contributed by atoms with E-state index < -0.39 is 6.10 Å². The summed E-state index contributed by atoms with van der Waals surface area (Å²) in [6.45, 7) is 3.98. The monoisotopic (exact) mass is 448 g/mol. The van der Waals surface area contributed by atoms with Crippen molar-refractivity contribution in [2.24, 2.45) is 7.05 Å². The Morgan fingerprint density at radius 1 is 1.12 bits per heavy atom. The van der Waals surface area contributed by atoms with E-state index in [0.717, 1.165) is 28.6 Å². The Kier molecular flexibility index (Phi) is 6.17. The van der Waals surface area contributed by atoms with Gasteiger partial charge in [0, 0.05) is 39.1 Å². The molecule has 3 aromatic rings. The van der Waals surface area contributed by atoms with Crippen LogP contribution in [0.1, 0.15) is 11.4 Å². The van der Waals surface area contributed by atoms with Crippen LogP contribution in [-0.4, -0.2) is 59.3 Å². The Morgan fingerprint density at radius 3 is 2.67 bits per heavy atom. The van der Waals surface area contributed by atoms with Gasteiger partial charge < -0.3 is 28.6 Å². The number of hydrogen-bond acceptors (Lipinski definition) is 6. The van der Waals surface area contributed by atoms with E-state index in [0.29, 0.717) is 46.0 Å². The number of anilines is 1. The topological polar surface area (TPSA) is 69.1 Å². The number of aromatic nitrogens is 2. The number of amides is 1. The molecule has 1 fully saturated rings. The summed E-state index contributed by atoms with van der Waals surface area (Å²) in [6.07, 6.45) is 3.14. The maximum atomic E-state index is 13.1. The van der Waals surface area contributed by atoms with Crippen molar-refractivity contribution >= 4 is 11.6 Å². The van der Waals surface area contributed by atoms with Gasteiger partial charge in [0.05, 0.1) is 25.4 Å². The third-order valence-corrected chi connectivity index (χ3v) is 6.05. The molecule has 2 aliphatic heterocycles. The zero-order valence-corrected chi connectivity index (χ0v) is 18.7. The van der Waals surface area contributed by atoms with Gasteiger partial charge in [-0.3, -0.25) is 4.79 Å². The number of ether oxygens (including phenoxy) is 3. The second kappa shape index (κ2) is 9.54. The molecule has 1 aromatic heterocycles. The Labute approximate surface area is 193 Å². The fourth-order valence-corrected chi connectivity index (χ4v) is 4.17. The molecule has 0 saturated carbocycles. The number of carbonyl (C=O) groups is 1. The molecule has 0 unspecified atom stereocenters. The largest absolute Gasteiger partial charge is 0.486 e. The number of carbonyl (C=O) groups excluding carboxylic acids is 1. The van der Waals surface area contributed by atoms with Crippen molar-refractivity contribution in [1.82, 2.24) is 14.5 Å². The van der Waals surface area contributed by atoms with Crippen molar-refractivity contribution in [2.45, 2.75) is 19.3 Å². The normalized spacial score (nSPS) is 17.9. The van der Waals surface area contributed by atoms with Gasteiger partial charge >= 0.3 is 0 Å². The zero-order chi connectivity index (χ0) is 22.6. The number of para-hydroxylation sites is 2. The second-order valence-electron chi connectivity index (χ2n) is 8.28. The molecular formula is C25H28N4O4. The van der Waals surface area contributed by atoms with Crippen LogP contribution in [0.5, 0.6) is 11.5 Å². The maximum Gasteiger partial charge on any atom is 0.265 e. The van der Waals surface area contributed by atoms with Crippen LogP contribution in [0.25, 0.3) is 0 Å². The number of nitrogens with zero attached hydrogens (tertiary/aromatic N) is 4. The minimum Gasteiger partial charge on any atom is -0.486 e. The molecule has 1 atom stereocenters. The highest BCUT2D eigenvalue weighted by Gasteiger charge is 2.34. The summed E-state index contributed by atoms with van der Waals surface area (Å²) in [4.78, 5) is 21.4. The highest BCUT2D eigenvalue weighted by atomic mass is 16.5. The first kappa shape index (κ1) is 21.3. The van der Waals surface area contributed by atoms with Gasteiger partial charge in [0.15, 0.2) is 6.10 Å². The van der Waals surface area contributed by atoms with E-state index in [-0.39, 0.29) is 5.91 Å². The third kappa shape index (κ3) is 4.80. The van der Waals surface area contributed by atoms with Crippen LogP contribution >= 0.6 is 0 Å². The number of morpholine rings is 1. The molecule has 0 spiro atoms. The lowest BCUT2D eigenvalue weighted by Crippen LogP contribution is -2.52.